The van der Waals surface area contributed by atoms with Gasteiger partial charge in [-0.05, 0) is 45.1 Å². The van der Waals surface area contributed by atoms with Gasteiger partial charge >= 0.3 is 0 Å². The van der Waals surface area contributed by atoms with Crippen molar-refractivity contribution in [3.05, 3.63) is 0 Å². The van der Waals surface area contributed by atoms with E-state index in [2.05, 4.69) is 5.32 Å². The van der Waals surface area contributed by atoms with Crippen LogP contribution in [0.4, 0.5) is 0 Å². The highest BCUT2D eigenvalue weighted by molar-refractivity contribution is 4.90. The number of rotatable bonds is 2. The largest absolute Gasteiger partial charge is 0.376 e. The van der Waals surface area contributed by atoms with Crippen LogP contribution < -0.4 is 5.32 Å². The summed E-state index contributed by atoms with van der Waals surface area (Å²) in [6, 6.07) is 0.634. The Morgan fingerprint density at radius 1 is 0.867 bits per heavy atom. The summed E-state index contributed by atoms with van der Waals surface area (Å²) in [6.45, 7) is 2.12. The van der Waals surface area contributed by atoms with E-state index < -0.39 is 0 Å². The lowest BCUT2D eigenvalue weighted by Crippen LogP contribution is -2.54. The third kappa shape index (κ3) is 2.05. The van der Waals surface area contributed by atoms with Crippen molar-refractivity contribution in [1.82, 2.24) is 5.32 Å². The van der Waals surface area contributed by atoms with Crippen molar-refractivity contribution in [3.63, 3.8) is 0 Å². The van der Waals surface area contributed by atoms with Crippen LogP contribution in [0, 0.1) is 0 Å². The Kier molecular flexibility index (Phi) is 2.95. The molecular formula is C12H21NO2. The molecule has 3 saturated heterocycles. The Balaban J connectivity index is 1.55. The van der Waals surface area contributed by atoms with Gasteiger partial charge in [-0.15, -0.1) is 0 Å². The molecule has 0 aliphatic carbocycles. The molecule has 4 unspecified atom stereocenters. The van der Waals surface area contributed by atoms with Gasteiger partial charge < -0.3 is 14.8 Å². The van der Waals surface area contributed by atoms with Gasteiger partial charge in [-0.2, -0.15) is 0 Å². The van der Waals surface area contributed by atoms with E-state index in [4.69, 9.17) is 9.47 Å². The van der Waals surface area contributed by atoms with Crippen molar-refractivity contribution in [2.24, 2.45) is 0 Å². The molecule has 15 heavy (non-hydrogen) atoms. The van der Waals surface area contributed by atoms with Crippen molar-refractivity contribution < 1.29 is 9.47 Å². The second-order valence-electron chi connectivity index (χ2n) is 5.04. The fraction of sp³-hybridized carbons (Fsp3) is 1.00. The Labute approximate surface area is 91.5 Å². The monoisotopic (exact) mass is 211 g/mol. The molecule has 0 bridgehead atoms. The molecule has 3 heterocycles. The highest BCUT2D eigenvalue weighted by Crippen LogP contribution is 2.30. The fourth-order valence-corrected chi connectivity index (χ4v) is 2.97. The molecule has 3 aliphatic rings. The van der Waals surface area contributed by atoms with Gasteiger partial charge in [0.1, 0.15) is 0 Å². The average Bonchev–Trinajstić information content (AvgIpc) is 2.68. The predicted molar refractivity (Wildman–Crippen MR) is 57.9 cm³/mol. The van der Waals surface area contributed by atoms with E-state index in [1.54, 1.807) is 0 Å². The van der Waals surface area contributed by atoms with Crippen molar-refractivity contribution in [2.75, 3.05) is 13.2 Å². The first-order valence-electron chi connectivity index (χ1n) is 6.44. The van der Waals surface area contributed by atoms with Gasteiger partial charge in [-0.3, -0.25) is 0 Å². The lowest BCUT2D eigenvalue weighted by molar-refractivity contribution is -0.126. The summed E-state index contributed by atoms with van der Waals surface area (Å²) in [5.41, 5.74) is 0. The summed E-state index contributed by atoms with van der Waals surface area (Å²) in [5.74, 6) is 0. The third-order valence-electron chi connectivity index (χ3n) is 4.02. The van der Waals surface area contributed by atoms with Crippen LogP contribution in [-0.2, 0) is 9.47 Å². The van der Waals surface area contributed by atoms with E-state index in [1.807, 2.05) is 0 Å². The molecule has 3 fully saturated rings. The van der Waals surface area contributed by atoms with Crippen LogP contribution in [-0.4, -0.2) is 37.5 Å². The lowest BCUT2D eigenvalue weighted by atomic mass is 9.91. The third-order valence-corrected chi connectivity index (χ3v) is 4.02. The number of hydrogen-bond acceptors (Lipinski definition) is 3. The molecular weight excluding hydrogens is 190 g/mol. The topological polar surface area (TPSA) is 30.5 Å². The van der Waals surface area contributed by atoms with Gasteiger partial charge in [-0.1, -0.05) is 0 Å². The van der Waals surface area contributed by atoms with Crippen LogP contribution in [0.1, 0.15) is 38.5 Å². The first-order chi connectivity index (χ1) is 7.43. The number of nitrogens with one attached hydrogen (secondary N) is 1. The normalized spacial score (nSPS) is 46.4. The molecule has 0 aromatic carbocycles. The van der Waals surface area contributed by atoms with E-state index in [0.29, 0.717) is 24.4 Å². The average molecular weight is 211 g/mol. The van der Waals surface area contributed by atoms with Gasteiger partial charge in [0.2, 0.25) is 0 Å². The molecule has 4 atom stereocenters. The quantitative estimate of drug-likeness (QED) is 0.750. The van der Waals surface area contributed by atoms with Crippen LogP contribution in [0.25, 0.3) is 0 Å². The highest BCUT2D eigenvalue weighted by atomic mass is 16.5. The minimum absolute atomic E-state index is 0.383. The summed E-state index contributed by atoms with van der Waals surface area (Å²) in [6.07, 6.45) is 8.71. The first kappa shape index (κ1) is 10.1. The van der Waals surface area contributed by atoms with Crippen molar-refractivity contribution in [2.45, 2.75) is 62.9 Å². The summed E-state index contributed by atoms with van der Waals surface area (Å²) < 4.78 is 11.9. The minimum atomic E-state index is 0.383. The molecule has 86 valence electrons. The van der Waals surface area contributed by atoms with Crippen LogP contribution in [0.15, 0.2) is 0 Å². The van der Waals surface area contributed by atoms with E-state index in [1.165, 1.54) is 45.1 Å². The Morgan fingerprint density at radius 3 is 2.33 bits per heavy atom. The molecule has 0 spiro atoms. The maximum atomic E-state index is 6.19. The Bertz CT molecular complexity index is 212. The summed E-state index contributed by atoms with van der Waals surface area (Å²) in [5, 5.41) is 3.46. The number of hydrogen-bond donors (Lipinski definition) is 1. The van der Waals surface area contributed by atoms with Gasteiger partial charge in [-0.25, -0.2) is 0 Å². The Hall–Kier alpha value is -0.120. The lowest BCUT2D eigenvalue weighted by Gasteiger charge is -2.41. The molecule has 3 aliphatic heterocycles. The van der Waals surface area contributed by atoms with E-state index in [9.17, 15) is 0 Å². The molecule has 1 N–H and O–H groups in total. The van der Waals surface area contributed by atoms with Crippen LogP contribution in [0.3, 0.4) is 0 Å². The molecule has 3 nitrogen and oxygen atoms in total. The Morgan fingerprint density at radius 2 is 1.67 bits per heavy atom. The van der Waals surface area contributed by atoms with E-state index in [0.717, 1.165) is 6.61 Å². The van der Waals surface area contributed by atoms with Gasteiger partial charge in [0.15, 0.2) is 0 Å². The molecule has 0 amide bonds. The maximum absolute atomic E-state index is 6.19. The van der Waals surface area contributed by atoms with Gasteiger partial charge in [0, 0.05) is 12.6 Å². The molecule has 0 saturated carbocycles. The highest BCUT2D eigenvalue weighted by Gasteiger charge is 2.36. The molecule has 0 radical (unpaired) electrons. The predicted octanol–water partition coefficient (Wildman–Crippen LogP) is 1.46. The second kappa shape index (κ2) is 4.40. The minimum Gasteiger partial charge on any atom is -0.376 e. The second-order valence-corrected chi connectivity index (χ2v) is 5.04. The van der Waals surface area contributed by atoms with E-state index >= 15 is 0 Å². The molecule has 3 rings (SSSR count). The molecule has 3 heteroatoms. The van der Waals surface area contributed by atoms with Crippen molar-refractivity contribution >= 4 is 0 Å². The van der Waals surface area contributed by atoms with Crippen molar-refractivity contribution in [1.29, 1.82) is 0 Å². The standard InChI is InChI=1S/C12H21NO2/c1-3-10(9-6-7-13-9)15-12(4-1)11-5-2-8-14-11/h9-13H,1-8H2. The number of ether oxygens (including phenoxy) is 2. The molecule has 0 aromatic rings. The smallest absolute Gasteiger partial charge is 0.0841 e. The summed E-state index contributed by atoms with van der Waals surface area (Å²) in [7, 11) is 0. The SMILES string of the molecule is C1COC(C2CCCC(C3CCN3)O2)C1. The summed E-state index contributed by atoms with van der Waals surface area (Å²) in [4.78, 5) is 0. The van der Waals surface area contributed by atoms with Crippen molar-refractivity contribution in [3.8, 4) is 0 Å². The maximum Gasteiger partial charge on any atom is 0.0841 e. The first-order valence-corrected chi connectivity index (χ1v) is 6.44. The zero-order valence-electron chi connectivity index (χ0n) is 9.28. The zero-order chi connectivity index (χ0) is 10.1. The van der Waals surface area contributed by atoms with Crippen LogP contribution in [0.2, 0.25) is 0 Å². The van der Waals surface area contributed by atoms with Crippen LogP contribution in [0.5, 0.6) is 0 Å². The van der Waals surface area contributed by atoms with Crippen LogP contribution >= 0.6 is 0 Å². The fourth-order valence-electron chi connectivity index (χ4n) is 2.97. The molecule has 0 aromatic heterocycles. The van der Waals surface area contributed by atoms with Gasteiger partial charge in [0.25, 0.3) is 0 Å². The van der Waals surface area contributed by atoms with Gasteiger partial charge in [0.05, 0.1) is 18.3 Å². The van der Waals surface area contributed by atoms with E-state index in [-0.39, 0.29) is 0 Å². The summed E-state index contributed by atoms with van der Waals surface area (Å²) >= 11 is 0. The zero-order valence-corrected chi connectivity index (χ0v) is 9.28.